The lowest BCUT2D eigenvalue weighted by molar-refractivity contribution is 0.0591. The summed E-state index contributed by atoms with van der Waals surface area (Å²) in [6, 6.07) is 11.1. The third kappa shape index (κ3) is 3.22. The highest BCUT2D eigenvalue weighted by molar-refractivity contribution is 5.96. The lowest BCUT2D eigenvalue weighted by Gasteiger charge is -2.11. The van der Waals surface area contributed by atoms with Gasteiger partial charge in [-0.2, -0.15) is 0 Å². The lowest BCUT2D eigenvalue weighted by atomic mass is 10.1. The van der Waals surface area contributed by atoms with E-state index >= 15 is 0 Å². The first-order valence-electron chi connectivity index (χ1n) is 6.46. The number of amides is 1. The average molecular weight is 288 g/mol. The van der Waals surface area contributed by atoms with Gasteiger partial charge in [0.05, 0.1) is 13.7 Å². The predicted octanol–water partition coefficient (Wildman–Crippen LogP) is 2.64. The Hall–Kier alpha value is -2.76. The fourth-order valence-corrected chi connectivity index (χ4v) is 1.94. The third-order valence-electron chi connectivity index (χ3n) is 2.84. The van der Waals surface area contributed by atoms with Gasteiger partial charge in [0.2, 0.25) is 0 Å². The van der Waals surface area contributed by atoms with Gasteiger partial charge in [0.15, 0.2) is 5.69 Å². The number of carbonyl (C=O) groups excluding carboxylic acids is 2. The molecule has 110 valence electrons. The number of carbonyl (C=O) groups is 2. The van der Waals surface area contributed by atoms with Crippen molar-refractivity contribution in [2.45, 2.75) is 6.92 Å². The molecule has 1 amide bonds. The molecule has 1 aromatic heterocycles. The SMILES string of the molecule is CCOC(=O)Nn1ccc(-c2ccccc2)c1C(=O)OC. The van der Waals surface area contributed by atoms with Gasteiger partial charge < -0.3 is 9.47 Å². The Morgan fingerprint density at radius 2 is 1.90 bits per heavy atom. The van der Waals surface area contributed by atoms with Crippen molar-refractivity contribution in [3.63, 3.8) is 0 Å². The zero-order valence-electron chi connectivity index (χ0n) is 11.8. The summed E-state index contributed by atoms with van der Waals surface area (Å²) < 4.78 is 10.9. The normalized spacial score (nSPS) is 10.0. The van der Waals surface area contributed by atoms with Crippen molar-refractivity contribution in [1.82, 2.24) is 4.68 Å². The van der Waals surface area contributed by atoms with Crippen LogP contribution in [0.5, 0.6) is 0 Å². The van der Waals surface area contributed by atoms with Crippen molar-refractivity contribution in [3.8, 4) is 11.1 Å². The van der Waals surface area contributed by atoms with Crippen LogP contribution >= 0.6 is 0 Å². The van der Waals surface area contributed by atoms with Crippen LogP contribution in [0.25, 0.3) is 11.1 Å². The second-order valence-corrected chi connectivity index (χ2v) is 4.14. The van der Waals surface area contributed by atoms with E-state index in [9.17, 15) is 9.59 Å². The standard InChI is InChI=1S/C15H16N2O4/c1-3-21-15(19)16-17-10-9-12(13(17)14(18)20-2)11-7-5-4-6-8-11/h4-10H,3H2,1-2H3,(H,16,19). The van der Waals surface area contributed by atoms with E-state index in [1.54, 1.807) is 19.2 Å². The van der Waals surface area contributed by atoms with Crippen LogP contribution in [0.1, 0.15) is 17.4 Å². The molecule has 0 bridgehead atoms. The van der Waals surface area contributed by atoms with Gasteiger partial charge in [-0.25, -0.2) is 15.0 Å². The maximum Gasteiger partial charge on any atom is 0.426 e. The van der Waals surface area contributed by atoms with Gasteiger partial charge in [0, 0.05) is 11.8 Å². The van der Waals surface area contributed by atoms with Crippen LogP contribution in [0.4, 0.5) is 4.79 Å². The Morgan fingerprint density at radius 3 is 2.52 bits per heavy atom. The lowest BCUT2D eigenvalue weighted by Crippen LogP contribution is -2.26. The number of rotatable bonds is 4. The quantitative estimate of drug-likeness (QED) is 0.878. The highest BCUT2D eigenvalue weighted by Crippen LogP contribution is 2.24. The second-order valence-electron chi connectivity index (χ2n) is 4.14. The zero-order chi connectivity index (χ0) is 15.2. The molecule has 0 aliphatic carbocycles. The molecule has 21 heavy (non-hydrogen) atoms. The molecule has 6 heteroatoms. The average Bonchev–Trinajstić information content (AvgIpc) is 2.91. The summed E-state index contributed by atoms with van der Waals surface area (Å²) in [5, 5.41) is 0. The number of methoxy groups -OCH3 is 1. The maximum absolute atomic E-state index is 12.0. The van der Waals surface area contributed by atoms with E-state index in [4.69, 9.17) is 9.47 Å². The summed E-state index contributed by atoms with van der Waals surface area (Å²) in [6.07, 6.45) is 0.934. The van der Waals surface area contributed by atoms with Crippen LogP contribution in [-0.2, 0) is 9.47 Å². The molecule has 0 saturated carbocycles. The topological polar surface area (TPSA) is 69.6 Å². The summed E-state index contributed by atoms with van der Waals surface area (Å²) in [7, 11) is 1.29. The summed E-state index contributed by atoms with van der Waals surface area (Å²) in [5.74, 6) is -0.546. The Bertz CT molecular complexity index is 634. The minimum atomic E-state index is -0.641. The second kappa shape index (κ2) is 6.60. The van der Waals surface area contributed by atoms with Gasteiger partial charge in [-0.3, -0.25) is 4.68 Å². The first-order chi connectivity index (χ1) is 10.2. The van der Waals surface area contributed by atoms with Gasteiger partial charge in [-0.05, 0) is 18.6 Å². The van der Waals surface area contributed by atoms with E-state index in [0.29, 0.717) is 5.56 Å². The minimum absolute atomic E-state index is 0.233. The fraction of sp³-hybridized carbons (Fsp3) is 0.200. The van der Waals surface area contributed by atoms with Crippen molar-refractivity contribution in [2.75, 3.05) is 19.1 Å². The van der Waals surface area contributed by atoms with Gasteiger partial charge in [-0.15, -0.1) is 0 Å². The summed E-state index contributed by atoms with van der Waals surface area (Å²) in [4.78, 5) is 23.5. The van der Waals surface area contributed by atoms with E-state index in [0.717, 1.165) is 5.56 Å². The number of benzene rings is 1. The molecular formula is C15H16N2O4. The van der Waals surface area contributed by atoms with E-state index in [1.165, 1.54) is 11.8 Å². The molecule has 1 N–H and O–H groups in total. The molecule has 0 aliphatic heterocycles. The largest absolute Gasteiger partial charge is 0.464 e. The van der Waals surface area contributed by atoms with Crippen molar-refractivity contribution in [1.29, 1.82) is 0 Å². The molecule has 6 nitrogen and oxygen atoms in total. The van der Waals surface area contributed by atoms with Crippen molar-refractivity contribution >= 4 is 12.1 Å². The molecule has 0 unspecified atom stereocenters. The van der Waals surface area contributed by atoms with Crippen LogP contribution in [0.2, 0.25) is 0 Å². The van der Waals surface area contributed by atoms with Crippen molar-refractivity contribution in [3.05, 3.63) is 48.3 Å². The number of nitrogens with one attached hydrogen (secondary N) is 1. The number of hydrogen-bond donors (Lipinski definition) is 1. The Kier molecular flexibility index (Phi) is 4.61. The summed E-state index contributed by atoms with van der Waals surface area (Å²) in [6.45, 7) is 1.94. The Labute approximate surface area is 122 Å². The highest BCUT2D eigenvalue weighted by atomic mass is 16.6. The minimum Gasteiger partial charge on any atom is -0.464 e. The number of esters is 1. The first kappa shape index (κ1) is 14.6. The fourth-order valence-electron chi connectivity index (χ4n) is 1.94. The van der Waals surface area contributed by atoms with Gasteiger partial charge in [0.25, 0.3) is 0 Å². The molecular weight excluding hydrogens is 272 g/mol. The smallest absolute Gasteiger partial charge is 0.426 e. The van der Waals surface area contributed by atoms with Crippen LogP contribution in [0.3, 0.4) is 0 Å². The Morgan fingerprint density at radius 1 is 1.19 bits per heavy atom. The molecule has 0 saturated heterocycles. The van der Waals surface area contributed by atoms with Crippen LogP contribution < -0.4 is 5.43 Å². The molecule has 1 aromatic carbocycles. The van der Waals surface area contributed by atoms with E-state index in [-0.39, 0.29) is 12.3 Å². The molecule has 0 atom stereocenters. The molecule has 2 rings (SSSR count). The van der Waals surface area contributed by atoms with E-state index in [1.807, 2.05) is 30.3 Å². The number of nitrogens with zero attached hydrogens (tertiary/aromatic N) is 1. The number of hydrogen-bond acceptors (Lipinski definition) is 4. The first-order valence-corrected chi connectivity index (χ1v) is 6.46. The van der Waals surface area contributed by atoms with Gasteiger partial charge in [-0.1, -0.05) is 30.3 Å². The van der Waals surface area contributed by atoms with Crippen molar-refractivity contribution in [2.24, 2.45) is 0 Å². The third-order valence-corrected chi connectivity index (χ3v) is 2.84. The van der Waals surface area contributed by atoms with E-state index < -0.39 is 12.1 Å². The van der Waals surface area contributed by atoms with Gasteiger partial charge in [0.1, 0.15) is 0 Å². The maximum atomic E-state index is 12.0. The zero-order valence-corrected chi connectivity index (χ0v) is 11.8. The highest BCUT2D eigenvalue weighted by Gasteiger charge is 2.20. The monoisotopic (exact) mass is 288 g/mol. The van der Waals surface area contributed by atoms with Crippen LogP contribution in [0, 0.1) is 0 Å². The number of aromatic nitrogens is 1. The summed E-state index contributed by atoms with van der Waals surface area (Å²) >= 11 is 0. The Balaban J connectivity index is 2.41. The predicted molar refractivity (Wildman–Crippen MR) is 77.6 cm³/mol. The summed E-state index contributed by atoms with van der Waals surface area (Å²) in [5.41, 5.74) is 4.22. The van der Waals surface area contributed by atoms with E-state index in [2.05, 4.69) is 5.43 Å². The van der Waals surface area contributed by atoms with Crippen LogP contribution in [-0.4, -0.2) is 30.5 Å². The molecule has 0 aliphatic rings. The molecule has 2 aromatic rings. The number of ether oxygens (including phenoxy) is 2. The van der Waals surface area contributed by atoms with Gasteiger partial charge >= 0.3 is 12.1 Å². The molecule has 0 fully saturated rings. The molecule has 0 radical (unpaired) electrons. The van der Waals surface area contributed by atoms with Crippen molar-refractivity contribution < 1.29 is 19.1 Å². The molecule has 0 spiro atoms. The van der Waals surface area contributed by atoms with Crippen LogP contribution in [0.15, 0.2) is 42.6 Å². The molecule has 1 heterocycles.